The standard InChI is InChI=1S/C21H28N2O2S/c1-24-21-6-3-2-5-18(21)17-26-16-4-15-25-20-9-7-19(8-10-20)23-13-11-22-12-14-23/h2-3,5-10,22H,4,11-17H2,1H3. The molecule has 5 heteroatoms. The lowest BCUT2D eigenvalue weighted by atomic mass is 10.2. The highest BCUT2D eigenvalue weighted by atomic mass is 32.2. The van der Waals surface area contributed by atoms with Crippen LogP contribution in [0.2, 0.25) is 0 Å². The van der Waals surface area contributed by atoms with Crippen molar-refractivity contribution in [2.24, 2.45) is 0 Å². The van der Waals surface area contributed by atoms with Crippen molar-refractivity contribution in [3.8, 4) is 11.5 Å². The minimum absolute atomic E-state index is 0.756. The van der Waals surface area contributed by atoms with E-state index in [0.29, 0.717) is 0 Å². The Morgan fingerprint density at radius 3 is 2.58 bits per heavy atom. The van der Waals surface area contributed by atoms with Gasteiger partial charge in [-0.1, -0.05) is 18.2 Å². The van der Waals surface area contributed by atoms with Crippen molar-refractivity contribution in [3.05, 3.63) is 54.1 Å². The fraction of sp³-hybridized carbons (Fsp3) is 0.429. The summed E-state index contributed by atoms with van der Waals surface area (Å²) in [7, 11) is 1.73. The van der Waals surface area contributed by atoms with Crippen molar-refractivity contribution in [2.45, 2.75) is 12.2 Å². The summed E-state index contributed by atoms with van der Waals surface area (Å²) in [5.41, 5.74) is 2.54. The van der Waals surface area contributed by atoms with Gasteiger partial charge in [0.2, 0.25) is 0 Å². The molecule has 0 spiro atoms. The molecule has 2 aromatic rings. The number of thioether (sulfide) groups is 1. The largest absolute Gasteiger partial charge is 0.496 e. The van der Waals surface area contributed by atoms with Gasteiger partial charge in [0.1, 0.15) is 11.5 Å². The molecule has 1 N–H and O–H groups in total. The van der Waals surface area contributed by atoms with Gasteiger partial charge in [0.25, 0.3) is 0 Å². The first-order chi connectivity index (χ1) is 12.9. The lowest BCUT2D eigenvalue weighted by molar-refractivity contribution is 0.318. The number of nitrogens with zero attached hydrogens (tertiary/aromatic N) is 1. The number of para-hydroxylation sites is 1. The van der Waals surface area contributed by atoms with Crippen molar-refractivity contribution < 1.29 is 9.47 Å². The van der Waals surface area contributed by atoms with Crippen molar-refractivity contribution >= 4 is 17.4 Å². The highest BCUT2D eigenvalue weighted by molar-refractivity contribution is 7.98. The van der Waals surface area contributed by atoms with E-state index in [2.05, 4.69) is 46.6 Å². The molecule has 0 radical (unpaired) electrons. The van der Waals surface area contributed by atoms with Gasteiger partial charge in [-0.3, -0.25) is 0 Å². The topological polar surface area (TPSA) is 33.7 Å². The molecule has 0 saturated carbocycles. The van der Waals surface area contributed by atoms with Gasteiger partial charge >= 0.3 is 0 Å². The van der Waals surface area contributed by atoms with Crippen LogP contribution in [0.1, 0.15) is 12.0 Å². The average Bonchev–Trinajstić information content (AvgIpc) is 2.72. The number of nitrogens with one attached hydrogen (secondary N) is 1. The molecular weight excluding hydrogens is 344 g/mol. The second-order valence-corrected chi connectivity index (χ2v) is 7.40. The zero-order valence-electron chi connectivity index (χ0n) is 15.4. The molecule has 1 heterocycles. The maximum absolute atomic E-state index is 5.88. The maximum Gasteiger partial charge on any atom is 0.122 e. The van der Waals surface area contributed by atoms with Gasteiger partial charge in [0.15, 0.2) is 0 Å². The highest BCUT2D eigenvalue weighted by Gasteiger charge is 2.10. The summed E-state index contributed by atoms with van der Waals surface area (Å²) >= 11 is 1.92. The Morgan fingerprint density at radius 1 is 1.04 bits per heavy atom. The van der Waals surface area contributed by atoms with E-state index in [0.717, 1.165) is 62.2 Å². The Hall–Kier alpha value is -1.85. The lowest BCUT2D eigenvalue weighted by Crippen LogP contribution is -2.43. The Labute approximate surface area is 160 Å². The summed E-state index contributed by atoms with van der Waals surface area (Å²) in [4.78, 5) is 2.41. The van der Waals surface area contributed by atoms with Crippen molar-refractivity contribution in [1.29, 1.82) is 0 Å². The summed E-state index contributed by atoms with van der Waals surface area (Å²) in [6, 6.07) is 16.7. The summed E-state index contributed by atoms with van der Waals surface area (Å²) in [5.74, 6) is 3.99. The zero-order chi connectivity index (χ0) is 18.0. The number of hydrogen-bond donors (Lipinski definition) is 1. The van der Waals surface area contributed by atoms with Crippen molar-refractivity contribution in [3.63, 3.8) is 0 Å². The van der Waals surface area contributed by atoms with Crippen LogP contribution in [-0.4, -0.2) is 45.6 Å². The van der Waals surface area contributed by atoms with Gasteiger partial charge in [0.05, 0.1) is 13.7 Å². The summed E-state index contributed by atoms with van der Waals surface area (Å²) < 4.78 is 11.3. The molecule has 0 bridgehead atoms. The van der Waals surface area contributed by atoms with E-state index >= 15 is 0 Å². The third-order valence-corrected chi connectivity index (χ3v) is 5.56. The van der Waals surface area contributed by atoms with Gasteiger partial charge in [0, 0.05) is 43.2 Å². The lowest BCUT2D eigenvalue weighted by Gasteiger charge is -2.29. The van der Waals surface area contributed by atoms with Gasteiger partial charge in [-0.2, -0.15) is 11.8 Å². The predicted molar refractivity (Wildman–Crippen MR) is 111 cm³/mol. The van der Waals surface area contributed by atoms with Crippen LogP contribution in [0.4, 0.5) is 5.69 Å². The molecule has 3 rings (SSSR count). The number of methoxy groups -OCH3 is 1. The van der Waals surface area contributed by atoms with Crippen LogP contribution in [0.3, 0.4) is 0 Å². The van der Waals surface area contributed by atoms with E-state index in [4.69, 9.17) is 9.47 Å². The Balaban J connectivity index is 1.33. The number of ether oxygens (including phenoxy) is 2. The van der Waals surface area contributed by atoms with Crippen LogP contribution in [0.25, 0.3) is 0 Å². The number of rotatable bonds is 9. The molecule has 0 aliphatic carbocycles. The molecule has 1 aliphatic rings. The first kappa shape index (κ1) is 18.9. The molecule has 2 aromatic carbocycles. The van der Waals surface area contributed by atoms with E-state index in [1.807, 2.05) is 23.9 Å². The van der Waals surface area contributed by atoms with Crippen LogP contribution in [0.5, 0.6) is 11.5 Å². The first-order valence-corrected chi connectivity index (χ1v) is 10.4. The second-order valence-electron chi connectivity index (χ2n) is 6.30. The minimum atomic E-state index is 0.756. The molecule has 1 saturated heterocycles. The van der Waals surface area contributed by atoms with Gasteiger partial charge < -0.3 is 19.7 Å². The Morgan fingerprint density at radius 2 is 1.81 bits per heavy atom. The maximum atomic E-state index is 5.88. The van der Waals surface area contributed by atoms with Crippen LogP contribution in [0.15, 0.2) is 48.5 Å². The van der Waals surface area contributed by atoms with E-state index in [9.17, 15) is 0 Å². The molecule has 4 nitrogen and oxygen atoms in total. The van der Waals surface area contributed by atoms with E-state index in [1.165, 1.54) is 11.3 Å². The average molecular weight is 373 g/mol. The first-order valence-electron chi connectivity index (χ1n) is 9.25. The van der Waals surface area contributed by atoms with Gasteiger partial charge in [-0.15, -0.1) is 0 Å². The van der Waals surface area contributed by atoms with E-state index < -0.39 is 0 Å². The second kappa shape index (κ2) is 10.3. The smallest absolute Gasteiger partial charge is 0.122 e. The molecule has 0 amide bonds. The number of hydrogen-bond acceptors (Lipinski definition) is 5. The van der Waals surface area contributed by atoms with Crippen LogP contribution in [0, 0.1) is 0 Å². The minimum Gasteiger partial charge on any atom is -0.496 e. The highest BCUT2D eigenvalue weighted by Crippen LogP contribution is 2.23. The van der Waals surface area contributed by atoms with Crippen LogP contribution in [-0.2, 0) is 5.75 Å². The van der Waals surface area contributed by atoms with Gasteiger partial charge in [-0.25, -0.2) is 0 Å². The monoisotopic (exact) mass is 372 g/mol. The molecule has 0 atom stereocenters. The third kappa shape index (κ3) is 5.58. The number of benzene rings is 2. The third-order valence-electron chi connectivity index (χ3n) is 4.47. The fourth-order valence-electron chi connectivity index (χ4n) is 3.03. The Kier molecular flexibility index (Phi) is 7.52. The quantitative estimate of drug-likeness (QED) is 0.677. The fourth-order valence-corrected chi connectivity index (χ4v) is 3.96. The summed E-state index contributed by atoms with van der Waals surface area (Å²) in [6.07, 6.45) is 1.04. The molecule has 0 aromatic heterocycles. The van der Waals surface area contributed by atoms with Crippen molar-refractivity contribution in [1.82, 2.24) is 5.32 Å². The summed E-state index contributed by atoms with van der Waals surface area (Å²) in [5, 5.41) is 3.38. The molecule has 26 heavy (non-hydrogen) atoms. The van der Waals surface area contributed by atoms with Crippen LogP contribution < -0.4 is 19.7 Å². The number of anilines is 1. The normalized spacial score (nSPS) is 14.3. The Bertz CT molecular complexity index is 657. The van der Waals surface area contributed by atoms with Crippen LogP contribution >= 0.6 is 11.8 Å². The van der Waals surface area contributed by atoms with E-state index in [-0.39, 0.29) is 0 Å². The van der Waals surface area contributed by atoms with Crippen molar-refractivity contribution in [2.75, 3.05) is 50.5 Å². The van der Waals surface area contributed by atoms with E-state index in [1.54, 1.807) is 7.11 Å². The SMILES string of the molecule is COc1ccccc1CSCCCOc1ccc(N2CCNCC2)cc1. The predicted octanol–water partition coefficient (Wildman–Crippen LogP) is 3.81. The molecule has 140 valence electrons. The molecular formula is C21H28N2O2S. The van der Waals surface area contributed by atoms with Gasteiger partial charge in [-0.05, 0) is 42.5 Å². The number of piperazine rings is 1. The summed E-state index contributed by atoms with van der Waals surface area (Å²) in [6.45, 7) is 5.02. The molecule has 1 fully saturated rings. The molecule has 1 aliphatic heterocycles. The molecule has 0 unspecified atom stereocenters. The zero-order valence-corrected chi connectivity index (χ0v) is 16.3.